The Morgan fingerprint density at radius 1 is 1.57 bits per heavy atom. The summed E-state index contributed by atoms with van der Waals surface area (Å²) in [6, 6.07) is 0. The van der Waals surface area contributed by atoms with Crippen molar-refractivity contribution in [3.63, 3.8) is 0 Å². The van der Waals surface area contributed by atoms with Crippen LogP contribution in [0.2, 0.25) is 0 Å². The first-order chi connectivity index (χ1) is 6.36. The van der Waals surface area contributed by atoms with E-state index in [0.717, 1.165) is 0 Å². The molecule has 0 aliphatic rings. The van der Waals surface area contributed by atoms with E-state index in [2.05, 4.69) is 15.2 Å². The van der Waals surface area contributed by atoms with E-state index >= 15 is 0 Å². The molecule has 0 saturated carbocycles. The van der Waals surface area contributed by atoms with Crippen LogP contribution in [-0.4, -0.2) is 10.9 Å². The highest BCUT2D eigenvalue weighted by Crippen LogP contribution is 2.32. The molecule has 0 spiro atoms. The number of carbonyl (C=O) groups is 1. The molecule has 1 heterocycles. The molecule has 0 saturated heterocycles. The first kappa shape index (κ1) is 10.5. The van der Waals surface area contributed by atoms with E-state index in [-0.39, 0.29) is 5.89 Å². The number of aromatic nitrogens is 1. The quantitative estimate of drug-likeness (QED) is 0.403. The predicted octanol–water partition coefficient (Wildman–Crippen LogP) is 0.605. The lowest BCUT2D eigenvalue weighted by molar-refractivity contribution is -0.153. The number of nitrogens with one attached hydrogen (secondary N) is 1. The minimum atomic E-state index is -4.76. The zero-order valence-electron chi connectivity index (χ0n) is 6.97. The van der Waals surface area contributed by atoms with Crippen molar-refractivity contribution in [2.24, 2.45) is 5.84 Å². The van der Waals surface area contributed by atoms with Crippen LogP contribution in [0, 0.1) is 6.92 Å². The average molecular weight is 209 g/mol. The highest BCUT2D eigenvalue weighted by atomic mass is 19.4. The van der Waals surface area contributed by atoms with Gasteiger partial charge in [-0.25, -0.2) is 10.8 Å². The molecule has 0 aromatic carbocycles. The summed E-state index contributed by atoms with van der Waals surface area (Å²) in [5.41, 5.74) is 0.682. The number of nitrogen functional groups attached to an aromatic ring is 1. The largest absolute Gasteiger partial charge is 0.452 e. The number of hydrogen-bond donors (Lipinski definition) is 2. The van der Waals surface area contributed by atoms with Gasteiger partial charge in [-0.2, -0.15) is 13.2 Å². The maximum Gasteiger partial charge on any atom is 0.452 e. The summed E-state index contributed by atoms with van der Waals surface area (Å²) in [6.07, 6.45) is -4.76. The lowest BCUT2D eigenvalue weighted by Crippen LogP contribution is -2.31. The second-order valence-corrected chi connectivity index (χ2v) is 2.38. The molecule has 0 fully saturated rings. The van der Waals surface area contributed by atoms with E-state index in [9.17, 15) is 18.0 Å². The summed E-state index contributed by atoms with van der Waals surface area (Å²) >= 11 is 0. The molecule has 78 valence electrons. The molecule has 1 amide bonds. The lowest BCUT2D eigenvalue weighted by Gasteiger charge is -2.02. The van der Waals surface area contributed by atoms with Crippen molar-refractivity contribution < 1.29 is 22.4 Å². The third-order valence-electron chi connectivity index (χ3n) is 1.34. The molecule has 8 heteroatoms. The number of carbonyl (C=O) groups excluding carboxylic acids is 1. The van der Waals surface area contributed by atoms with Crippen LogP contribution in [0.5, 0.6) is 0 Å². The van der Waals surface area contributed by atoms with Crippen LogP contribution in [0.15, 0.2) is 4.42 Å². The molecule has 1 aromatic heterocycles. The fraction of sp³-hybridized carbons (Fsp3) is 0.333. The van der Waals surface area contributed by atoms with Crippen LogP contribution in [-0.2, 0) is 6.18 Å². The fourth-order valence-electron chi connectivity index (χ4n) is 0.841. The van der Waals surface area contributed by atoms with Gasteiger partial charge < -0.3 is 4.42 Å². The first-order valence-electron chi connectivity index (χ1n) is 3.42. The number of aryl methyl sites for hydroxylation is 1. The summed E-state index contributed by atoms with van der Waals surface area (Å²) in [7, 11) is 0. The zero-order chi connectivity index (χ0) is 10.9. The van der Waals surface area contributed by atoms with Crippen molar-refractivity contribution >= 4 is 5.91 Å². The van der Waals surface area contributed by atoms with Gasteiger partial charge in [0.2, 0.25) is 5.76 Å². The van der Waals surface area contributed by atoms with Gasteiger partial charge in [0.25, 0.3) is 5.91 Å². The van der Waals surface area contributed by atoms with Crippen LogP contribution in [0.3, 0.4) is 0 Å². The van der Waals surface area contributed by atoms with E-state index in [1.165, 1.54) is 6.92 Å². The van der Waals surface area contributed by atoms with Crippen LogP contribution in [0.4, 0.5) is 13.2 Å². The molecule has 5 nitrogen and oxygen atoms in total. The molecular formula is C6H6F3N3O2. The van der Waals surface area contributed by atoms with Crippen molar-refractivity contribution in [3.05, 3.63) is 17.3 Å². The van der Waals surface area contributed by atoms with E-state index in [1.807, 2.05) is 0 Å². The number of nitrogens with zero attached hydrogens (tertiary/aromatic N) is 1. The first-order valence-corrected chi connectivity index (χ1v) is 3.42. The number of nitrogens with two attached hydrogens (primary N) is 1. The third kappa shape index (κ3) is 1.84. The number of oxazole rings is 1. The summed E-state index contributed by atoms with van der Waals surface area (Å²) < 4.78 is 40.9. The average Bonchev–Trinajstić information content (AvgIpc) is 2.45. The maximum atomic E-state index is 12.2. The summed E-state index contributed by atoms with van der Waals surface area (Å²) in [5, 5.41) is 0. The van der Waals surface area contributed by atoms with Gasteiger partial charge in [0.05, 0.1) is 0 Å². The van der Waals surface area contributed by atoms with Gasteiger partial charge >= 0.3 is 6.18 Å². The monoisotopic (exact) mass is 209 g/mol. The molecule has 1 rings (SSSR count). The van der Waals surface area contributed by atoms with E-state index in [0.29, 0.717) is 0 Å². The third-order valence-corrected chi connectivity index (χ3v) is 1.34. The van der Waals surface area contributed by atoms with Crippen LogP contribution in [0.1, 0.15) is 22.1 Å². The Morgan fingerprint density at radius 2 is 2.14 bits per heavy atom. The van der Waals surface area contributed by atoms with Crippen molar-refractivity contribution in [2.45, 2.75) is 13.1 Å². The van der Waals surface area contributed by atoms with Crippen LogP contribution in [0.25, 0.3) is 0 Å². The van der Waals surface area contributed by atoms with Crippen LogP contribution >= 0.6 is 0 Å². The minimum absolute atomic E-state index is 0.254. The molecule has 0 atom stereocenters. The highest BCUT2D eigenvalue weighted by Gasteiger charge is 2.41. The fourth-order valence-corrected chi connectivity index (χ4v) is 0.841. The molecule has 14 heavy (non-hydrogen) atoms. The summed E-state index contributed by atoms with van der Waals surface area (Å²) in [5.74, 6) is 1.83. The van der Waals surface area contributed by atoms with Crippen molar-refractivity contribution in [2.75, 3.05) is 0 Å². The highest BCUT2D eigenvalue weighted by molar-refractivity contribution is 5.92. The van der Waals surface area contributed by atoms with Crippen LogP contribution < -0.4 is 11.3 Å². The number of amides is 1. The Hall–Kier alpha value is -1.57. The molecule has 0 radical (unpaired) electrons. The topological polar surface area (TPSA) is 81.2 Å². The predicted molar refractivity (Wildman–Crippen MR) is 37.9 cm³/mol. The SMILES string of the molecule is Cc1nc(C(=O)NN)c(C(F)(F)F)o1. The number of rotatable bonds is 1. The van der Waals surface area contributed by atoms with Gasteiger partial charge in [0.1, 0.15) is 0 Å². The van der Waals surface area contributed by atoms with Gasteiger partial charge in [-0.15, -0.1) is 0 Å². The number of hydrazine groups is 1. The second-order valence-electron chi connectivity index (χ2n) is 2.38. The summed E-state index contributed by atoms with van der Waals surface area (Å²) in [6.45, 7) is 1.20. The molecule has 3 N–H and O–H groups in total. The maximum absolute atomic E-state index is 12.2. The van der Waals surface area contributed by atoms with Gasteiger partial charge in [0.15, 0.2) is 11.6 Å². The molecule has 0 aliphatic carbocycles. The standard InChI is InChI=1S/C6H6F3N3O2/c1-2-11-3(5(13)12-10)4(14-2)6(7,8)9/h10H2,1H3,(H,12,13). The normalized spacial score (nSPS) is 11.5. The van der Waals surface area contributed by atoms with E-state index in [4.69, 9.17) is 0 Å². The molecule has 0 bridgehead atoms. The molecule has 0 aliphatic heterocycles. The molecule has 0 unspecified atom stereocenters. The Morgan fingerprint density at radius 3 is 2.57 bits per heavy atom. The van der Waals surface area contributed by atoms with Crippen molar-refractivity contribution in [1.82, 2.24) is 10.4 Å². The van der Waals surface area contributed by atoms with Gasteiger partial charge in [-0.1, -0.05) is 0 Å². The van der Waals surface area contributed by atoms with Gasteiger partial charge in [0, 0.05) is 6.92 Å². The molecule has 1 aromatic rings. The smallest absolute Gasteiger partial charge is 0.436 e. The van der Waals surface area contributed by atoms with E-state index < -0.39 is 23.5 Å². The number of alkyl halides is 3. The van der Waals surface area contributed by atoms with Crippen molar-refractivity contribution in [3.8, 4) is 0 Å². The zero-order valence-corrected chi connectivity index (χ0v) is 6.97. The number of halogens is 3. The van der Waals surface area contributed by atoms with Gasteiger partial charge in [-0.3, -0.25) is 10.2 Å². The minimum Gasteiger partial charge on any atom is -0.436 e. The summed E-state index contributed by atoms with van der Waals surface area (Å²) in [4.78, 5) is 14.1. The Kier molecular flexibility index (Phi) is 2.47. The van der Waals surface area contributed by atoms with E-state index in [1.54, 1.807) is 5.43 Å². The Labute approximate surface area is 76.1 Å². The Bertz CT molecular complexity index is 358. The number of hydrogen-bond acceptors (Lipinski definition) is 4. The second kappa shape index (κ2) is 3.29. The Balaban J connectivity index is 3.23. The molecular weight excluding hydrogens is 203 g/mol. The van der Waals surface area contributed by atoms with Crippen molar-refractivity contribution in [1.29, 1.82) is 0 Å². The lowest BCUT2D eigenvalue weighted by atomic mass is 10.3. The van der Waals surface area contributed by atoms with Gasteiger partial charge in [-0.05, 0) is 0 Å².